The van der Waals surface area contributed by atoms with Crippen LogP contribution in [0, 0.1) is 0 Å². The first kappa shape index (κ1) is 15.4. The molecule has 1 aliphatic heterocycles. The minimum atomic E-state index is -0.258. The van der Waals surface area contributed by atoms with Gasteiger partial charge in [0.1, 0.15) is 0 Å². The number of nitrogens with one attached hydrogen (secondary N) is 2. The van der Waals surface area contributed by atoms with E-state index in [4.69, 9.17) is 0 Å². The van der Waals surface area contributed by atoms with Gasteiger partial charge >= 0.3 is 0 Å². The van der Waals surface area contributed by atoms with Crippen LogP contribution in [0.3, 0.4) is 0 Å². The summed E-state index contributed by atoms with van der Waals surface area (Å²) in [7, 11) is 0. The predicted octanol–water partition coefficient (Wildman–Crippen LogP) is 2.94. The molecule has 1 fully saturated rings. The zero-order valence-corrected chi connectivity index (χ0v) is 13.7. The number of rotatable bonds is 4. The van der Waals surface area contributed by atoms with E-state index in [9.17, 15) is 9.59 Å². The van der Waals surface area contributed by atoms with Crippen LogP contribution in [-0.4, -0.2) is 33.5 Å². The van der Waals surface area contributed by atoms with E-state index in [0.29, 0.717) is 24.3 Å². The summed E-state index contributed by atoms with van der Waals surface area (Å²) in [4.78, 5) is 26.2. The van der Waals surface area contributed by atoms with Gasteiger partial charge in [-0.05, 0) is 30.2 Å². The number of carbonyl (C=O) groups excluding carboxylic acids is 2. The number of anilines is 1. The minimum Gasteiger partial charge on any atom is -0.338 e. The Balaban J connectivity index is 1.51. The third-order valence-corrected chi connectivity index (χ3v) is 4.42. The van der Waals surface area contributed by atoms with E-state index in [2.05, 4.69) is 15.5 Å². The SMILES string of the molecule is O=C(Nc1cccc(CN2CCCC2=O)c1)c1n[nH]c2ccccc12. The minimum absolute atomic E-state index is 0.192. The van der Waals surface area contributed by atoms with E-state index in [1.807, 2.05) is 53.4 Å². The summed E-state index contributed by atoms with van der Waals surface area (Å²) in [6.45, 7) is 1.38. The molecule has 25 heavy (non-hydrogen) atoms. The quantitative estimate of drug-likeness (QED) is 0.770. The summed E-state index contributed by atoms with van der Waals surface area (Å²) >= 11 is 0. The van der Waals surface area contributed by atoms with Gasteiger partial charge in [-0.25, -0.2) is 0 Å². The van der Waals surface area contributed by atoms with Gasteiger partial charge in [-0.1, -0.05) is 30.3 Å². The molecule has 0 aliphatic carbocycles. The number of H-pyrrole nitrogens is 1. The van der Waals surface area contributed by atoms with E-state index in [0.717, 1.165) is 29.4 Å². The molecule has 1 aliphatic rings. The molecule has 2 N–H and O–H groups in total. The summed E-state index contributed by atoms with van der Waals surface area (Å²) in [6.07, 6.45) is 1.55. The molecule has 0 bridgehead atoms. The number of aromatic nitrogens is 2. The molecule has 0 spiro atoms. The van der Waals surface area contributed by atoms with Gasteiger partial charge in [0.2, 0.25) is 5.91 Å². The van der Waals surface area contributed by atoms with Crippen LogP contribution in [0.2, 0.25) is 0 Å². The topological polar surface area (TPSA) is 78.1 Å². The first-order valence-corrected chi connectivity index (χ1v) is 8.32. The van der Waals surface area contributed by atoms with Crippen molar-refractivity contribution in [1.29, 1.82) is 0 Å². The molecule has 2 amide bonds. The molecule has 6 heteroatoms. The van der Waals surface area contributed by atoms with E-state index in [-0.39, 0.29) is 11.8 Å². The summed E-state index contributed by atoms with van der Waals surface area (Å²) in [6, 6.07) is 15.1. The number of amides is 2. The van der Waals surface area contributed by atoms with Crippen molar-refractivity contribution in [3.8, 4) is 0 Å². The van der Waals surface area contributed by atoms with Crippen LogP contribution in [0.5, 0.6) is 0 Å². The summed E-state index contributed by atoms with van der Waals surface area (Å²) < 4.78 is 0. The normalized spacial score (nSPS) is 14.2. The fourth-order valence-electron chi connectivity index (χ4n) is 3.17. The van der Waals surface area contributed by atoms with Crippen LogP contribution in [0.1, 0.15) is 28.9 Å². The Hall–Kier alpha value is -3.15. The fraction of sp³-hybridized carbons (Fsp3) is 0.211. The molecule has 126 valence electrons. The third kappa shape index (κ3) is 3.10. The van der Waals surface area contributed by atoms with Crippen LogP contribution in [-0.2, 0) is 11.3 Å². The van der Waals surface area contributed by atoms with Gasteiger partial charge in [-0.2, -0.15) is 5.10 Å². The summed E-state index contributed by atoms with van der Waals surface area (Å²) in [5.41, 5.74) is 2.89. The van der Waals surface area contributed by atoms with Crippen LogP contribution < -0.4 is 5.32 Å². The van der Waals surface area contributed by atoms with E-state index < -0.39 is 0 Å². The van der Waals surface area contributed by atoms with Crippen LogP contribution >= 0.6 is 0 Å². The van der Waals surface area contributed by atoms with Crippen molar-refractivity contribution in [2.24, 2.45) is 0 Å². The smallest absolute Gasteiger partial charge is 0.276 e. The number of hydrogen-bond acceptors (Lipinski definition) is 3. The lowest BCUT2D eigenvalue weighted by Crippen LogP contribution is -2.23. The molecule has 2 heterocycles. The lowest BCUT2D eigenvalue weighted by Gasteiger charge is -2.16. The first-order chi connectivity index (χ1) is 12.2. The molecule has 2 aromatic carbocycles. The third-order valence-electron chi connectivity index (χ3n) is 4.42. The molecule has 1 aromatic heterocycles. The maximum Gasteiger partial charge on any atom is 0.276 e. The van der Waals surface area contributed by atoms with Gasteiger partial charge in [0.25, 0.3) is 5.91 Å². The Morgan fingerprint density at radius 3 is 2.92 bits per heavy atom. The molecule has 0 atom stereocenters. The van der Waals surface area contributed by atoms with E-state index >= 15 is 0 Å². The second-order valence-electron chi connectivity index (χ2n) is 6.19. The Kier molecular flexibility index (Phi) is 3.93. The lowest BCUT2D eigenvalue weighted by molar-refractivity contribution is -0.128. The number of fused-ring (bicyclic) bond motifs is 1. The number of nitrogens with zero attached hydrogens (tertiary/aromatic N) is 2. The van der Waals surface area contributed by atoms with Gasteiger partial charge < -0.3 is 10.2 Å². The van der Waals surface area contributed by atoms with Crippen LogP contribution in [0.15, 0.2) is 48.5 Å². The molecule has 0 saturated carbocycles. The number of para-hydroxylation sites is 1. The molecule has 0 radical (unpaired) electrons. The van der Waals surface area contributed by atoms with E-state index in [1.165, 1.54) is 0 Å². The maximum absolute atomic E-state index is 12.5. The van der Waals surface area contributed by atoms with Gasteiger partial charge in [0.05, 0.1) is 5.52 Å². The highest BCUT2D eigenvalue weighted by atomic mass is 16.2. The number of carbonyl (C=O) groups is 2. The molecule has 1 saturated heterocycles. The molecular weight excluding hydrogens is 316 g/mol. The molecule has 4 rings (SSSR count). The van der Waals surface area contributed by atoms with Gasteiger partial charge in [0, 0.05) is 30.6 Å². The Labute approximate surface area is 144 Å². The summed E-state index contributed by atoms with van der Waals surface area (Å²) in [5, 5.41) is 10.7. The second kappa shape index (κ2) is 6.39. The number of hydrogen-bond donors (Lipinski definition) is 2. The van der Waals surface area contributed by atoms with Crippen molar-refractivity contribution in [2.45, 2.75) is 19.4 Å². The molecule has 3 aromatic rings. The van der Waals surface area contributed by atoms with Gasteiger partial charge in [-0.15, -0.1) is 0 Å². The van der Waals surface area contributed by atoms with Crippen LogP contribution in [0.4, 0.5) is 5.69 Å². The monoisotopic (exact) mass is 334 g/mol. The fourth-order valence-corrected chi connectivity index (χ4v) is 3.17. The first-order valence-electron chi connectivity index (χ1n) is 8.32. The number of aromatic amines is 1. The van der Waals surface area contributed by atoms with Crippen molar-refractivity contribution in [1.82, 2.24) is 15.1 Å². The predicted molar refractivity (Wildman–Crippen MR) is 95.1 cm³/mol. The van der Waals surface area contributed by atoms with Gasteiger partial charge in [-0.3, -0.25) is 14.7 Å². The van der Waals surface area contributed by atoms with E-state index in [1.54, 1.807) is 0 Å². The molecular formula is C19H18N4O2. The van der Waals surface area contributed by atoms with Crippen molar-refractivity contribution in [2.75, 3.05) is 11.9 Å². The Bertz CT molecular complexity index is 947. The molecule has 6 nitrogen and oxygen atoms in total. The van der Waals surface area contributed by atoms with Crippen molar-refractivity contribution >= 4 is 28.4 Å². The number of benzene rings is 2. The number of likely N-dealkylation sites (tertiary alicyclic amines) is 1. The zero-order chi connectivity index (χ0) is 17.2. The molecule has 0 unspecified atom stereocenters. The summed E-state index contributed by atoms with van der Waals surface area (Å²) in [5.74, 6) is -0.0655. The Morgan fingerprint density at radius 2 is 2.08 bits per heavy atom. The largest absolute Gasteiger partial charge is 0.338 e. The van der Waals surface area contributed by atoms with Crippen molar-refractivity contribution in [3.63, 3.8) is 0 Å². The van der Waals surface area contributed by atoms with Crippen molar-refractivity contribution < 1.29 is 9.59 Å². The highest BCUT2D eigenvalue weighted by molar-refractivity contribution is 6.11. The zero-order valence-electron chi connectivity index (χ0n) is 13.7. The van der Waals surface area contributed by atoms with Gasteiger partial charge in [0.15, 0.2) is 5.69 Å². The maximum atomic E-state index is 12.5. The highest BCUT2D eigenvalue weighted by Gasteiger charge is 2.20. The average molecular weight is 334 g/mol. The highest BCUT2D eigenvalue weighted by Crippen LogP contribution is 2.19. The Morgan fingerprint density at radius 1 is 1.20 bits per heavy atom. The lowest BCUT2D eigenvalue weighted by atomic mass is 10.1. The van der Waals surface area contributed by atoms with Crippen molar-refractivity contribution in [3.05, 3.63) is 59.8 Å². The van der Waals surface area contributed by atoms with Crippen LogP contribution in [0.25, 0.3) is 10.9 Å². The standard InChI is InChI=1S/C19H18N4O2/c24-17-9-4-10-23(17)12-13-5-3-6-14(11-13)20-19(25)18-15-7-1-2-8-16(15)21-22-18/h1-3,5-8,11H,4,9-10,12H2,(H,20,25)(H,21,22). The average Bonchev–Trinajstić information content (AvgIpc) is 3.22. The second-order valence-corrected chi connectivity index (χ2v) is 6.19.